The summed E-state index contributed by atoms with van der Waals surface area (Å²) < 4.78 is 7.33. The SMILES string of the molecule is O=C(O)CC1COCCN1C(=O)N1CCn2ccnc2C1. The van der Waals surface area contributed by atoms with E-state index in [0.717, 1.165) is 12.4 Å². The first-order valence-corrected chi connectivity index (χ1v) is 7.00. The topological polar surface area (TPSA) is 87.9 Å². The first kappa shape index (κ1) is 13.9. The number of carboxylic acids is 1. The normalized spacial score (nSPS) is 22.0. The fourth-order valence-corrected chi connectivity index (χ4v) is 2.80. The third-order valence-electron chi connectivity index (χ3n) is 3.90. The number of carbonyl (C=O) groups excluding carboxylic acids is 1. The van der Waals surface area contributed by atoms with Crippen LogP contribution in [0.5, 0.6) is 0 Å². The molecular formula is C13H18N4O4. The lowest BCUT2D eigenvalue weighted by Gasteiger charge is -2.39. The summed E-state index contributed by atoms with van der Waals surface area (Å²) in [6.07, 6.45) is 3.54. The van der Waals surface area contributed by atoms with Gasteiger partial charge in [0.15, 0.2) is 0 Å². The van der Waals surface area contributed by atoms with Gasteiger partial charge in [-0.05, 0) is 0 Å². The van der Waals surface area contributed by atoms with E-state index in [0.29, 0.717) is 26.2 Å². The van der Waals surface area contributed by atoms with Crippen LogP contribution in [-0.2, 0) is 22.6 Å². The van der Waals surface area contributed by atoms with Gasteiger partial charge in [-0.25, -0.2) is 9.78 Å². The number of urea groups is 1. The summed E-state index contributed by atoms with van der Waals surface area (Å²) >= 11 is 0. The van der Waals surface area contributed by atoms with Crippen molar-refractivity contribution in [2.24, 2.45) is 0 Å². The van der Waals surface area contributed by atoms with E-state index in [9.17, 15) is 9.59 Å². The van der Waals surface area contributed by atoms with Gasteiger partial charge >= 0.3 is 12.0 Å². The summed E-state index contributed by atoms with van der Waals surface area (Å²) in [5.74, 6) is -0.0601. The zero-order chi connectivity index (χ0) is 14.8. The molecule has 3 heterocycles. The molecule has 1 atom stereocenters. The highest BCUT2D eigenvalue weighted by Gasteiger charge is 2.33. The molecule has 0 saturated carbocycles. The van der Waals surface area contributed by atoms with Crippen molar-refractivity contribution in [1.82, 2.24) is 19.4 Å². The maximum atomic E-state index is 12.6. The van der Waals surface area contributed by atoms with E-state index in [1.54, 1.807) is 16.0 Å². The van der Waals surface area contributed by atoms with Crippen LogP contribution < -0.4 is 0 Å². The number of nitrogens with zero attached hydrogens (tertiary/aromatic N) is 4. The predicted octanol–water partition coefficient (Wildman–Crippen LogP) is -0.00580. The molecule has 3 rings (SSSR count). The van der Waals surface area contributed by atoms with Gasteiger partial charge in [0.25, 0.3) is 0 Å². The van der Waals surface area contributed by atoms with Gasteiger partial charge in [0.1, 0.15) is 5.82 Å². The summed E-state index contributed by atoms with van der Waals surface area (Å²) in [6, 6.07) is -0.524. The van der Waals surface area contributed by atoms with Crippen LogP contribution in [0.2, 0.25) is 0 Å². The van der Waals surface area contributed by atoms with Gasteiger partial charge in [0, 0.05) is 32.0 Å². The zero-order valence-electron chi connectivity index (χ0n) is 11.6. The standard InChI is InChI=1S/C13H18N4O4/c18-12(19)7-10-9-21-6-5-17(10)13(20)16-4-3-15-2-1-14-11(15)8-16/h1-2,10H,3-9H2,(H,18,19). The molecule has 1 fully saturated rings. The van der Waals surface area contributed by atoms with Crippen molar-refractivity contribution in [2.75, 3.05) is 26.3 Å². The van der Waals surface area contributed by atoms with Crippen LogP contribution in [0.25, 0.3) is 0 Å². The summed E-state index contributed by atoms with van der Waals surface area (Å²) in [5.41, 5.74) is 0. The molecule has 2 aliphatic rings. The summed E-state index contributed by atoms with van der Waals surface area (Å²) in [7, 11) is 0. The minimum Gasteiger partial charge on any atom is -0.481 e. The van der Waals surface area contributed by atoms with Crippen molar-refractivity contribution < 1.29 is 19.4 Å². The lowest BCUT2D eigenvalue weighted by Crippen LogP contribution is -2.55. The molecule has 1 saturated heterocycles. The van der Waals surface area contributed by atoms with Crippen molar-refractivity contribution in [3.05, 3.63) is 18.2 Å². The second-order valence-electron chi connectivity index (χ2n) is 5.26. The van der Waals surface area contributed by atoms with E-state index in [2.05, 4.69) is 4.98 Å². The number of fused-ring (bicyclic) bond motifs is 1. The van der Waals surface area contributed by atoms with Crippen LogP contribution in [0.1, 0.15) is 12.2 Å². The Morgan fingerprint density at radius 1 is 1.38 bits per heavy atom. The smallest absolute Gasteiger partial charge is 0.320 e. The van der Waals surface area contributed by atoms with Gasteiger partial charge in [-0.2, -0.15) is 0 Å². The number of carbonyl (C=O) groups is 2. The molecule has 1 N–H and O–H groups in total. The van der Waals surface area contributed by atoms with E-state index in [-0.39, 0.29) is 19.1 Å². The Bertz CT molecular complexity index is 544. The predicted molar refractivity (Wildman–Crippen MR) is 71.6 cm³/mol. The summed E-state index contributed by atoms with van der Waals surface area (Å²) in [4.78, 5) is 31.1. The third-order valence-corrected chi connectivity index (χ3v) is 3.90. The van der Waals surface area contributed by atoms with E-state index >= 15 is 0 Å². The van der Waals surface area contributed by atoms with Gasteiger partial charge in [-0.1, -0.05) is 0 Å². The number of carboxylic acid groups (broad SMARTS) is 1. The number of aromatic nitrogens is 2. The summed E-state index contributed by atoms with van der Waals surface area (Å²) in [6.45, 7) is 2.95. The fourth-order valence-electron chi connectivity index (χ4n) is 2.80. The van der Waals surface area contributed by atoms with Crippen LogP contribution in [-0.4, -0.2) is 68.8 Å². The molecular weight excluding hydrogens is 276 g/mol. The molecule has 21 heavy (non-hydrogen) atoms. The number of amides is 2. The maximum absolute atomic E-state index is 12.6. The van der Waals surface area contributed by atoms with Crippen LogP contribution in [0.4, 0.5) is 4.79 Å². The molecule has 0 spiro atoms. The van der Waals surface area contributed by atoms with Crippen molar-refractivity contribution in [2.45, 2.75) is 25.6 Å². The van der Waals surface area contributed by atoms with Gasteiger partial charge in [0.2, 0.25) is 0 Å². The molecule has 8 nitrogen and oxygen atoms in total. The first-order chi connectivity index (χ1) is 10.1. The molecule has 8 heteroatoms. The number of morpholine rings is 1. The lowest BCUT2D eigenvalue weighted by molar-refractivity contribution is -0.139. The van der Waals surface area contributed by atoms with Gasteiger partial charge in [0.05, 0.1) is 32.2 Å². The molecule has 1 aromatic rings. The highest BCUT2D eigenvalue weighted by molar-refractivity contribution is 5.76. The monoisotopic (exact) mass is 294 g/mol. The number of hydrogen-bond donors (Lipinski definition) is 1. The molecule has 2 aliphatic heterocycles. The van der Waals surface area contributed by atoms with E-state index < -0.39 is 12.0 Å². The van der Waals surface area contributed by atoms with Gasteiger partial charge < -0.3 is 24.2 Å². The van der Waals surface area contributed by atoms with Crippen molar-refractivity contribution in [1.29, 1.82) is 0 Å². The number of rotatable bonds is 2. The minimum atomic E-state index is -0.919. The van der Waals surface area contributed by atoms with Crippen LogP contribution in [0.3, 0.4) is 0 Å². The molecule has 2 amide bonds. The second kappa shape index (κ2) is 5.72. The van der Waals surface area contributed by atoms with E-state index in [1.165, 1.54) is 0 Å². The number of imidazole rings is 1. The molecule has 0 aromatic carbocycles. The highest BCUT2D eigenvalue weighted by Crippen LogP contribution is 2.17. The van der Waals surface area contributed by atoms with Crippen LogP contribution in [0, 0.1) is 0 Å². The van der Waals surface area contributed by atoms with Crippen molar-refractivity contribution in [3.63, 3.8) is 0 Å². The number of hydrogen-bond acceptors (Lipinski definition) is 4. The largest absolute Gasteiger partial charge is 0.481 e. The maximum Gasteiger partial charge on any atom is 0.320 e. The second-order valence-corrected chi connectivity index (χ2v) is 5.26. The van der Waals surface area contributed by atoms with Crippen molar-refractivity contribution in [3.8, 4) is 0 Å². The molecule has 1 aromatic heterocycles. The highest BCUT2D eigenvalue weighted by atomic mass is 16.5. The average molecular weight is 294 g/mol. The Balaban J connectivity index is 1.70. The number of aliphatic carboxylic acids is 1. The van der Waals surface area contributed by atoms with Gasteiger partial charge in [-0.15, -0.1) is 0 Å². The number of ether oxygens (including phenoxy) is 1. The van der Waals surface area contributed by atoms with E-state index in [4.69, 9.17) is 9.84 Å². The Morgan fingerprint density at radius 3 is 3.05 bits per heavy atom. The Hall–Kier alpha value is -2.09. The van der Waals surface area contributed by atoms with Crippen molar-refractivity contribution >= 4 is 12.0 Å². The zero-order valence-corrected chi connectivity index (χ0v) is 11.6. The quantitative estimate of drug-likeness (QED) is 0.829. The molecule has 1 unspecified atom stereocenters. The molecule has 0 aliphatic carbocycles. The summed E-state index contributed by atoms with van der Waals surface area (Å²) in [5, 5.41) is 8.96. The Kier molecular flexibility index (Phi) is 3.78. The third kappa shape index (κ3) is 2.85. The average Bonchev–Trinajstić information content (AvgIpc) is 2.94. The first-order valence-electron chi connectivity index (χ1n) is 7.00. The van der Waals surface area contributed by atoms with Crippen LogP contribution >= 0.6 is 0 Å². The van der Waals surface area contributed by atoms with Gasteiger partial charge in [-0.3, -0.25) is 4.79 Å². The van der Waals surface area contributed by atoms with E-state index in [1.807, 2.05) is 10.8 Å². The lowest BCUT2D eigenvalue weighted by atomic mass is 10.1. The molecule has 0 bridgehead atoms. The Morgan fingerprint density at radius 2 is 2.24 bits per heavy atom. The Labute approximate surface area is 121 Å². The van der Waals surface area contributed by atoms with Crippen LogP contribution in [0.15, 0.2) is 12.4 Å². The molecule has 114 valence electrons. The minimum absolute atomic E-state index is 0.0891. The molecule has 0 radical (unpaired) electrons. The fraction of sp³-hybridized carbons (Fsp3) is 0.615.